The van der Waals surface area contributed by atoms with Gasteiger partial charge in [-0.3, -0.25) is 0 Å². The minimum Gasteiger partial charge on any atom is -0.369 e. The van der Waals surface area contributed by atoms with E-state index in [1.54, 1.807) is 6.33 Å². The second-order valence-electron chi connectivity index (χ2n) is 5.08. The number of hydrogen-bond donors (Lipinski definition) is 1. The van der Waals surface area contributed by atoms with E-state index in [1.165, 1.54) is 25.7 Å². The van der Waals surface area contributed by atoms with Crippen molar-refractivity contribution in [2.45, 2.75) is 39.5 Å². The summed E-state index contributed by atoms with van der Waals surface area (Å²) in [6, 6.07) is 0. The molecule has 4 nitrogen and oxygen atoms in total. The van der Waals surface area contributed by atoms with Crippen molar-refractivity contribution < 1.29 is 0 Å². The summed E-state index contributed by atoms with van der Waals surface area (Å²) < 4.78 is 0.992. The number of aromatic nitrogens is 2. The van der Waals surface area contributed by atoms with E-state index in [0.717, 1.165) is 41.7 Å². The SMILES string of the molecule is CCNc1ncnc(N2CCCC(CC)CC2)c1Br. The van der Waals surface area contributed by atoms with Gasteiger partial charge >= 0.3 is 0 Å². The number of rotatable bonds is 4. The van der Waals surface area contributed by atoms with Gasteiger partial charge < -0.3 is 10.2 Å². The molecule has 0 bridgehead atoms. The van der Waals surface area contributed by atoms with Crippen LogP contribution in [0.15, 0.2) is 10.8 Å². The predicted molar refractivity (Wildman–Crippen MR) is 83.7 cm³/mol. The molecule has 0 saturated carbocycles. The highest BCUT2D eigenvalue weighted by atomic mass is 79.9. The van der Waals surface area contributed by atoms with Gasteiger partial charge in [-0.1, -0.05) is 13.3 Å². The van der Waals surface area contributed by atoms with Crippen molar-refractivity contribution in [1.82, 2.24) is 9.97 Å². The van der Waals surface area contributed by atoms with Gasteiger partial charge in [0, 0.05) is 19.6 Å². The number of anilines is 2. The monoisotopic (exact) mass is 326 g/mol. The molecule has 0 radical (unpaired) electrons. The van der Waals surface area contributed by atoms with Crippen LogP contribution in [-0.2, 0) is 0 Å². The molecule has 0 aromatic carbocycles. The Labute approximate surface area is 124 Å². The highest BCUT2D eigenvalue weighted by Crippen LogP contribution is 2.31. The maximum atomic E-state index is 4.47. The molecule has 5 heteroatoms. The first-order valence-corrected chi connectivity index (χ1v) is 8.04. The second-order valence-corrected chi connectivity index (χ2v) is 5.88. The van der Waals surface area contributed by atoms with Gasteiger partial charge in [-0.05, 0) is 48.0 Å². The van der Waals surface area contributed by atoms with Crippen LogP contribution in [0.2, 0.25) is 0 Å². The topological polar surface area (TPSA) is 41.1 Å². The maximum absolute atomic E-state index is 4.47. The van der Waals surface area contributed by atoms with Crippen molar-refractivity contribution in [2.75, 3.05) is 29.9 Å². The van der Waals surface area contributed by atoms with Crippen molar-refractivity contribution in [1.29, 1.82) is 0 Å². The minimum atomic E-state index is 0.868. The molecule has 1 N–H and O–H groups in total. The molecule has 0 amide bonds. The van der Waals surface area contributed by atoms with E-state index < -0.39 is 0 Å². The molecule has 1 aromatic rings. The fourth-order valence-corrected chi connectivity index (χ4v) is 3.25. The fourth-order valence-electron chi connectivity index (χ4n) is 2.66. The normalized spacial score (nSPS) is 20.2. The van der Waals surface area contributed by atoms with Crippen LogP contribution < -0.4 is 10.2 Å². The van der Waals surface area contributed by atoms with E-state index in [2.05, 4.69) is 50.0 Å². The zero-order valence-corrected chi connectivity index (χ0v) is 13.4. The molecule has 2 rings (SSSR count). The summed E-state index contributed by atoms with van der Waals surface area (Å²) >= 11 is 3.65. The maximum Gasteiger partial charge on any atom is 0.148 e. The Morgan fingerprint density at radius 1 is 1.32 bits per heavy atom. The Morgan fingerprint density at radius 3 is 2.89 bits per heavy atom. The Balaban J connectivity index is 2.14. The van der Waals surface area contributed by atoms with Crippen molar-refractivity contribution in [3.8, 4) is 0 Å². The summed E-state index contributed by atoms with van der Waals surface area (Å²) in [7, 11) is 0. The van der Waals surface area contributed by atoms with Crippen molar-refractivity contribution in [3.63, 3.8) is 0 Å². The van der Waals surface area contributed by atoms with Crippen LogP contribution in [0.1, 0.15) is 39.5 Å². The first-order chi connectivity index (χ1) is 9.26. The molecule has 0 spiro atoms. The van der Waals surface area contributed by atoms with Crippen molar-refractivity contribution in [2.24, 2.45) is 5.92 Å². The highest BCUT2D eigenvalue weighted by Gasteiger charge is 2.20. The standard InChI is InChI=1S/C14H23BrN4/c1-3-11-6-5-8-19(9-7-11)14-12(15)13(16-4-2)17-10-18-14/h10-11H,3-9H2,1-2H3,(H,16,17,18). The number of nitrogens with one attached hydrogen (secondary N) is 1. The average Bonchev–Trinajstić information content (AvgIpc) is 2.67. The molecule has 19 heavy (non-hydrogen) atoms. The Bertz CT molecular complexity index is 410. The summed E-state index contributed by atoms with van der Waals surface area (Å²) in [6.45, 7) is 7.43. The van der Waals surface area contributed by atoms with Crippen LogP contribution in [0.5, 0.6) is 0 Å². The average molecular weight is 327 g/mol. The predicted octanol–water partition coefficient (Wildman–Crippen LogP) is 3.69. The summed E-state index contributed by atoms with van der Waals surface area (Å²) in [5, 5.41) is 3.27. The molecule has 106 valence electrons. The zero-order valence-electron chi connectivity index (χ0n) is 11.8. The quantitative estimate of drug-likeness (QED) is 0.916. The lowest BCUT2D eigenvalue weighted by Gasteiger charge is -2.23. The Morgan fingerprint density at radius 2 is 2.16 bits per heavy atom. The summed E-state index contributed by atoms with van der Waals surface area (Å²) in [4.78, 5) is 11.1. The third-order valence-electron chi connectivity index (χ3n) is 3.84. The van der Waals surface area contributed by atoms with Gasteiger partial charge in [-0.15, -0.1) is 0 Å². The van der Waals surface area contributed by atoms with Gasteiger partial charge in [0.15, 0.2) is 0 Å². The Kier molecular flexibility index (Phi) is 5.43. The third kappa shape index (κ3) is 3.59. The van der Waals surface area contributed by atoms with E-state index in [1.807, 2.05) is 0 Å². The van der Waals surface area contributed by atoms with E-state index in [-0.39, 0.29) is 0 Å². The van der Waals surface area contributed by atoms with Crippen LogP contribution in [0.25, 0.3) is 0 Å². The van der Waals surface area contributed by atoms with Crippen molar-refractivity contribution in [3.05, 3.63) is 10.8 Å². The van der Waals surface area contributed by atoms with Crippen LogP contribution in [0.4, 0.5) is 11.6 Å². The lowest BCUT2D eigenvalue weighted by atomic mass is 9.98. The lowest BCUT2D eigenvalue weighted by Crippen LogP contribution is -2.26. The molecule has 1 aliphatic rings. The van der Waals surface area contributed by atoms with Gasteiger partial charge in [-0.2, -0.15) is 0 Å². The smallest absolute Gasteiger partial charge is 0.148 e. The number of hydrogen-bond acceptors (Lipinski definition) is 4. The van der Waals surface area contributed by atoms with Crippen molar-refractivity contribution >= 4 is 27.6 Å². The zero-order chi connectivity index (χ0) is 13.7. The second kappa shape index (κ2) is 7.08. The van der Waals surface area contributed by atoms with Gasteiger partial charge in [0.05, 0.1) is 0 Å². The largest absolute Gasteiger partial charge is 0.369 e. The molecular formula is C14H23BrN4. The number of nitrogens with zero attached hydrogens (tertiary/aromatic N) is 3. The van der Waals surface area contributed by atoms with Crippen LogP contribution in [0.3, 0.4) is 0 Å². The van der Waals surface area contributed by atoms with E-state index >= 15 is 0 Å². The molecule has 1 saturated heterocycles. The van der Waals surface area contributed by atoms with E-state index in [4.69, 9.17) is 0 Å². The minimum absolute atomic E-state index is 0.868. The van der Waals surface area contributed by atoms with Crippen LogP contribution >= 0.6 is 15.9 Å². The van der Waals surface area contributed by atoms with Gasteiger partial charge in [0.25, 0.3) is 0 Å². The lowest BCUT2D eigenvalue weighted by molar-refractivity contribution is 0.459. The van der Waals surface area contributed by atoms with E-state index in [9.17, 15) is 0 Å². The highest BCUT2D eigenvalue weighted by molar-refractivity contribution is 9.10. The molecule has 0 aliphatic carbocycles. The molecule has 1 atom stereocenters. The molecule has 1 unspecified atom stereocenters. The van der Waals surface area contributed by atoms with Gasteiger partial charge in [0.1, 0.15) is 22.4 Å². The van der Waals surface area contributed by atoms with Gasteiger partial charge in [-0.25, -0.2) is 9.97 Å². The summed E-state index contributed by atoms with van der Waals surface area (Å²) in [6.07, 6.45) is 6.81. The Hall–Kier alpha value is -0.840. The van der Waals surface area contributed by atoms with E-state index in [0.29, 0.717) is 0 Å². The molecule has 1 aromatic heterocycles. The summed E-state index contributed by atoms with van der Waals surface area (Å²) in [5.41, 5.74) is 0. The van der Waals surface area contributed by atoms with Crippen LogP contribution in [-0.4, -0.2) is 29.6 Å². The molecular weight excluding hydrogens is 304 g/mol. The molecule has 1 fully saturated rings. The summed E-state index contributed by atoms with van der Waals surface area (Å²) in [5.74, 6) is 2.80. The van der Waals surface area contributed by atoms with Gasteiger partial charge in [0.2, 0.25) is 0 Å². The number of halogens is 1. The third-order valence-corrected chi connectivity index (χ3v) is 4.57. The molecule has 2 heterocycles. The fraction of sp³-hybridized carbons (Fsp3) is 0.714. The van der Waals surface area contributed by atoms with Crippen LogP contribution in [0, 0.1) is 5.92 Å². The molecule has 1 aliphatic heterocycles. The first kappa shape index (κ1) is 14.6. The first-order valence-electron chi connectivity index (χ1n) is 7.25.